The summed E-state index contributed by atoms with van der Waals surface area (Å²) in [6.45, 7) is 2.76. The first-order valence-electron chi connectivity index (χ1n) is 7.39. The van der Waals surface area contributed by atoms with Gasteiger partial charge in [-0.2, -0.15) is 4.31 Å². The minimum absolute atomic E-state index is 0.00718. The molecule has 1 N–H and O–H groups in total. The zero-order chi connectivity index (χ0) is 16.2. The second-order valence-corrected chi connectivity index (χ2v) is 7.36. The van der Waals surface area contributed by atoms with Gasteiger partial charge in [-0.05, 0) is 31.4 Å². The molecule has 1 amide bonds. The van der Waals surface area contributed by atoms with Crippen molar-refractivity contribution in [3.63, 3.8) is 0 Å². The number of aryl methyl sites for hydroxylation is 1. The highest BCUT2D eigenvalue weighted by atomic mass is 32.2. The van der Waals surface area contributed by atoms with Gasteiger partial charge in [-0.25, -0.2) is 8.42 Å². The summed E-state index contributed by atoms with van der Waals surface area (Å²) in [4.78, 5) is 11.6. The predicted molar refractivity (Wildman–Crippen MR) is 87.5 cm³/mol. The van der Waals surface area contributed by atoms with E-state index in [-0.39, 0.29) is 11.8 Å². The zero-order valence-corrected chi connectivity index (χ0v) is 13.8. The first-order valence-corrected chi connectivity index (χ1v) is 8.89. The first-order chi connectivity index (χ1) is 10.4. The summed E-state index contributed by atoms with van der Waals surface area (Å²) < 4.78 is 26.1. The molecule has 1 saturated heterocycles. The number of hydrogen-bond donors (Lipinski definition) is 1. The highest BCUT2D eigenvalue weighted by Gasteiger charge is 2.29. The third-order valence-corrected chi connectivity index (χ3v) is 5.51. The molecule has 1 aromatic carbocycles. The van der Waals surface area contributed by atoms with Crippen LogP contribution in [0.3, 0.4) is 0 Å². The Hall–Kier alpha value is -1.66. The van der Waals surface area contributed by atoms with Gasteiger partial charge < -0.3 is 5.32 Å². The number of hydrogen-bond acceptors (Lipinski definition) is 3. The van der Waals surface area contributed by atoms with Crippen LogP contribution in [0.2, 0.25) is 0 Å². The molecule has 5 nitrogen and oxygen atoms in total. The predicted octanol–water partition coefficient (Wildman–Crippen LogP) is 1.75. The molecule has 0 atom stereocenters. The molecule has 1 heterocycles. The van der Waals surface area contributed by atoms with Crippen LogP contribution < -0.4 is 5.32 Å². The van der Waals surface area contributed by atoms with E-state index >= 15 is 0 Å². The number of benzene rings is 1. The molecule has 1 fully saturated rings. The van der Waals surface area contributed by atoms with E-state index < -0.39 is 10.0 Å². The van der Waals surface area contributed by atoms with Gasteiger partial charge in [0.2, 0.25) is 15.9 Å². The molecule has 0 bridgehead atoms. The largest absolute Gasteiger partial charge is 0.359 e. The number of carbonyl (C=O) groups is 1. The van der Waals surface area contributed by atoms with Crippen molar-refractivity contribution in [2.24, 2.45) is 5.92 Å². The van der Waals surface area contributed by atoms with Gasteiger partial charge in [0.15, 0.2) is 0 Å². The van der Waals surface area contributed by atoms with Crippen LogP contribution >= 0.6 is 0 Å². The van der Waals surface area contributed by atoms with E-state index in [0.717, 1.165) is 11.1 Å². The van der Waals surface area contributed by atoms with Crippen molar-refractivity contribution < 1.29 is 13.2 Å². The van der Waals surface area contributed by atoms with Crippen LogP contribution in [0, 0.1) is 12.8 Å². The van der Waals surface area contributed by atoms with Crippen molar-refractivity contribution in [3.05, 3.63) is 40.8 Å². The van der Waals surface area contributed by atoms with E-state index in [1.165, 1.54) is 9.71 Å². The standard InChI is InChI=1S/C16H22N2O3S/c1-13-3-5-14(6-4-13)9-12-22(20,21)18-10-7-15(8-11-18)16(19)17-2/h3-6,9,12,15H,7-8,10-11H2,1-2H3,(H,17,19)/b12-9+. The Morgan fingerprint density at radius 3 is 2.36 bits per heavy atom. The fraction of sp³-hybridized carbons (Fsp3) is 0.438. The molecule has 0 radical (unpaired) electrons. The van der Waals surface area contributed by atoms with Crippen molar-refractivity contribution in [2.75, 3.05) is 20.1 Å². The van der Waals surface area contributed by atoms with Crippen LogP contribution in [0.5, 0.6) is 0 Å². The zero-order valence-electron chi connectivity index (χ0n) is 13.0. The number of amides is 1. The lowest BCUT2D eigenvalue weighted by Gasteiger charge is -2.29. The summed E-state index contributed by atoms with van der Waals surface area (Å²) in [6, 6.07) is 7.67. The third kappa shape index (κ3) is 4.18. The van der Waals surface area contributed by atoms with Crippen molar-refractivity contribution >= 4 is 22.0 Å². The second-order valence-electron chi connectivity index (χ2n) is 5.55. The fourth-order valence-electron chi connectivity index (χ4n) is 2.50. The second kappa shape index (κ2) is 7.07. The highest BCUT2D eigenvalue weighted by Crippen LogP contribution is 2.20. The average molecular weight is 322 g/mol. The number of rotatable bonds is 4. The molecule has 6 heteroatoms. The summed E-state index contributed by atoms with van der Waals surface area (Å²) in [6.07, 6.45) is 2.74. The van der Waals surface area contributed by atoms with E-state index in [9.17, 15) is 13.2 Å². The Kier molecular flexibility index (Phi) is 5.37. The normalized spacial score (nSPS) is 17.7. The van der Waals surface area contributed by atoms with Crippen LogP contribution in [-0.2, 0) is 14.8 Å². The highest BCUT2D eigenvalue weighted by molar-refractivity contribution is 7.92. The Balaban J connectivity index is 1.99. The van der Waals surface area contributed by atoms with E-state index in [4.69, 9.17) is 0 Å². The number of nitrogens with zero attached hydrogens (tertiary/aromatic N) is 1. The molecule has 2 rings (SSSR count). The molecule has 1 aliphatic rings. The van der Waals surface area contributed by atoms with Crippen molar-refractivity contribution in [1.82, 2.24) is 9.62 Å². The van der Waals surface area contributed by atoms with Crippen LogP contribution in [-0.4, -0.2) is 38.8 Å². The van der Waals surface area contributed by atoms with E-state index in [0.29, 0.717) is 25.9 Å². The summed E-state index contributed by atoms with van der Waals surface area (Å²) >= 11 is 0. The van der Waals surface area contributed by atoms with Crippen molar-refractivity contribution in [3.8, 4) is 0 Å². The lowest BCUT2D eigenvalue weighted by atomic mass is 9.97. The Labute approximate surface area is 132 Å². The van der Waals surface area contributed by atoms with Gasteiger partial charge in [0.05, 0.1) is 0 Å². The minimum Gasteiger partial charge on any atom is -0.359 e. The van der Waals surface area contributed by atoms with Crippen LogP contribution in [0.25, 0.3) is 6.08 Å². The number of sulfonamides is 1. The molecular formula is C16H22N2O3S. The van der Waals surface area contributed by atoms with Gasteiger partial charge in [0.1, 0.15) is 0 Å². The maximum Gasteiger partial charge on any atom is 0.236 e. The monoisotopic (exact) mass is 322 g/mol. The number of piperidine rings is 1. The summed E-state index contributed by atoms with van der Waals surface area (Å²) in [5, 5.41) is 3.87. The fourth-order valence-corrected chi connectivity index (χ4v) is 3.73. The lowest BCUT2D eigenvalue weighted by Crippen LogP contribution is -2.41. The molecule has 0 aliphatic carbocycles. The van der Waals surface area contributed by atoms with E-state index in [1.807, 2.05) is 31.2 Å². The van der Waals surface area contributed by atoms with E-state index in [1.54, 1.807) is 13.1 Å². The molecule has 0 unspecified atom stereocenters. The quantitative estimate of drug-likeness (QED) is 0.918. The Morgan fingerprint density at radius 2 is 1.82 bits per heavy atom. The van der Waals surface area contributed by atoms with Gasteiger partial charge in [0, 0.05) is 31.5 Å². The molecule has 0 aromatic heterocycles. The molecule has 0 saturated carbocycles. The summed E-state index contributed by atoms with van der Waals surface area (Å²) in [5.41, 5.74) is 1.99. The molecular weight excluding hydrogens is 300 g/mol. The molecule has 1 aliphatic heterocycles. The SMILES string of the molecule is CNC(=O)C1CCN(S(=O)(=O)/C=C/c2ccc(C)cc2)CC1. The Bertz CT molecular complexity index is 642. The minimum atomic E-state index is -3.43. The maximum atomic E-state index is 12.3. The molecule has 120 valence electrons. The van der Waals surface area contributed by atoms with Crippen molar-refractivity contribution in [2.45, 2.75) is 19.8 Å². The van der Waals surface area contributed by atoms with Gasteiger partial charge in [-0.1, -0.05) is 29.8 Å². The van der Waals surface area contributed by atoms with Gasteiger partial charge >= 0.3 is 0 Å². The third-order valence-electron chi connectivity index (χ3n) is 3.94. The van der Waals surface area contributed by atoms with Crippen molar-refractivity contribution in [1.29, 1.82) is 0 Å². The maximum absolute atomic E-state index is 12.3. The summed E-state index contributed by atoms with van der Waals surface area (Å²) in [7, 11) is -1.82. The Morgan fingerprint density at radius 1 is 1.23 bits per heavy atom. The number of nitrogens with one attached hydrogen (secondary N) is 1. The van der Waals surface area contributed by atoms with Crippen LogP contribution in [0.15, 0.2) is 29.7 Å². The van der Waals surface area contributed by atoms with Gasteiger partial charge in [-0.15, -0.1) is 0 Å². The van der Waals surface area contributed by atoms with Gasteiger partial charge in [-0.3, -0.25) is 4.79 Å². The van der Waals surface area contributed by atoms with Crippen LogP contribution in [0.1, 0.15) is 24.0 Å². The lowest BCUT2D eigenvalue weighted by molar-refractivity contribution is -0.125. The molecule has 1 aromatic rings. The smallest absolute Gasteiger partial charge is 0.236 e. The topological polar surface area (TPSA) is 66.5 Å². The average Bonchev–Trinajstić information content (AvgIpc) is 2.54. The van der Waals surface area contributed by atoms with E-state index in [2.05, 4.69) is 5.32 Å². The summed E-state index contributed by atoms with van der Waals surface area (Å²) in [5.74, 6) is -0.0928. The molecule has 0 spiro atoms. The number of carbonyl (C=O) groups excluding carboxylic acids is 1. The van der Waals surface area contributed by atoms with Gasteiger partial charge in [0.25, 0.3) is 0 Å². The first kappa shape index (κ1) is 16.7. The molecule has 22 heavy (non-hydrogen) atoms. The van der Waals surface area contributed by atoms with Crippen LogP contribution in [0.4, 0.5) is 0 Å².